The second-order valence-electron chi connectivity index (χ2n) is 2.29. The van der Waals surface area contributed by atoms with Crippen LogP contribution in [0.2, 0.25) is 0 Å². The van der Waals surface area contributed by atoms with E-state index in [1.54, 1.807) is 6.92 Å². The van der Waals surface area contributed by atoms with Gasteiger partial charge < -0.3 is 14.4 Å². The number of carbonyl (C=O) groups excluding carboxylic acids is 1. The van der Waals surface area contributed by atoms with Crippen LogP contribution >= 0.6 is 0 Å². The van der Waals surface area contributed by atoms with Crippen LogP contribution in [0.5, 0.6) is 0 Å². The first-order valence-corrected chi connectivity index (χ1v) is 3.34. The third-order valence-corrected chi connectivity index (χ3v) is 1.35. The second-order valence-corrected chi connectivity index (χ2v) is 2.29. The molecule has 0 fully saturated rings. The van der Waals surface area contributed by atoms with Crippen molar-refractivity contribution >= 4 is 5.97 Å². The van der Waals surface area contributed by atoms with Gasteiger partial charge in [0.1, 0.15) is 11.5 Å². The number of aryl methyl sites for hydroxylation is 1. The fourth-order valence-corrected chi connectivity index (χ4v) is 0.747. The number of nitrogens with zero attached hydrogens (tertiary/aromatic N) is 1. The van der Waals surface area contributed by atoms with E-state index in [2.05, 4.69) is 14.4 Å². The maximum absolute atomic E-state index is 10.8. The molecule has 1 atom stereocenters. The van der Waals surface area contributed by atoms with E-state index >= 15 is 0 Å². The molecule has 0 bridgehead atoms. The second kappa shape index (κ2) is 3.36. The van der Waals surface area contributed by atoms with E-state index in [0.717, 1.165) is 0 Å². The quantitative estimate of drug-likeness (QED) is 0.643. The molecular weight excluding hydrogens is 162 g/mol. The number of carbonyl (C=O) groups is 1. The molecule has 0 saturated carbocycles. The van der Waals surface area contributed by atoms with Crippen molar-refractivity contribution < 1.29 is 19.2 Å². The van der Waals surface area contributed by atoms with Crippen molar-refractivity contribution in [3.8, 4) is 0 Å². The van der Waals surface area contributed by atoms with Crippen molar-refractivity contribution in [1.29, 1.82) is 0 Å². The Balaban J connectivity index is 2.77. The number of aliphatic hydroxyl groups is 1. The van der Waals surface area contributed by atoms with E-state index in [1.807, 2.05) is 0 Å². The Labute approximate surface area is 68.9 Å². The van der Waals surface area contributed by atoms with Crippen molar-refractivity contribution in [1.82, 2.24) is 5.16 Å². The smallest absolute Gasteiger partial charge is 0.341 e. The molecule has 0 saturated heterocycles. The molecule has 1 aromatic heterocycles. The summed E-state index contributed by atoms with van der Waals surface area (Å²) in [5.74, 6) is -0.212. The number of aromatic nitrogens is 1. The summed E-state index contributed by atoms with van der Waals surface area (Å²) in [6.45, 7) is 1.67. The first-order chi connectivity index (χ1) is 5.65. The van der Waals surface area contributed by atoms with Crippen LogP contribution in [-0.4, -0.2) is 23.3 Å². The van der Waals surface area contributed by atoms with E-state index in [0.29, 0.717) is 5.76 Å². The number of esters is 1. The highest BCUT2D eigenvalue weighted by Crippen LogP contribution is 2.13. The lowest BCUT2D eigenvalue weighted by Gasteiger charge is -2.02. The van der Waals surface area contributed by atoms with Crippen LogP contribution in [0.15, 0.2) is 10.6 Å². The van der Waals surface area contributed by atoms with Crippen LogP contribution in [0, 0.1) is 6.92 Å². The van der Waals surface area contributed by atoms with Gasteiger partial charge in [-0.2, -0.15) is 0 Å². The molecular formula is C7H9NO4. The third-order valence-electron chi connectivity index (χ3n) is 1.35. The summed E-state index contributed by atoms with van der Waals surface area (Å²) < 4.78 is 8.97. The third kappa shape index (κ3) is 1.62. The molecule has 1 unspecified atom stereocenters. The SMILES string of the molecule is COC(=O)C(O)c1cc(C)on1. The number of rotatable bonds is 2. The summed E-state index contributed by atoms with van der Waals surface area (Å²) >= 11 is 0. The van der Waals surface area contributed by atoms with Gasteiger partial charge in [0.25, 0.3) is 0 Å². The fourth-order valence-electron chi connectivity index (χ4n) is 0.747. The van der Waals surface area contributed by atoms with Gasteiger partial charge in [-0.25, -0.2) is 4.79 Å². The monoisotopic (exact) mass is 171 g/mol. The molecule has 0 aliphatic rings. The van der Waals surface area contributed by atoms with Gasteiger partial charge in [-0.1, -0.05) is 5.16 Å². The molecule has 0 spiro atoms. The topological polar surface area (TPSA) is 72.6 Å². The first kappa shape index (κ1) is 8.73. The van der Waals surface area contributed by atoms with E-state index in [1.165, 1.54) is 13.2 Å². The minimum Gasteiger partial charge on any atom is -0.467 e. The fraction of sp³-hybridized carbons (Fsp3) is 0.429. The zero-order chi connectivity index (χ0) is 9.14. The Kier molecular flexibility index (Phi) is 2.44. The van der Waals surface area contributed by atoms with Crippen molar-refractivity contribution in [2.75, 3.05) is 7.11 Å². The van der Waals surface area contributed by atoms with Gasteiger partial charge in [-0.15, -0.1) is 0 Å². The Bertz CT molecular complexity index is 281. The molecule has 1 heterocycles. The predicted octanol–water partition coefficient (Wildman–Crippen LogP) is 0.189. The van der Waals surface area contributed by atoms with E-state index in [9.17, 15) is 9.90 Å². The molecule has 66 valence electrons. The number of hydrogen-bond donors (Lipinski definition) is 1. The summed E-state index contributed by atoms with van der Waals surface area (Å²) in [5, 5.41) is 12.7. The maximum Gasteiger partial charge on any atom is 0.341 e. The molecule has 0 aromatic carbocycles. The predicted molar refractivity (Wildman–Crippen MR) is 38.2 cm³/mol. The number of hydrogen-bond acceptors (Lipinski definition) is 5. The number of methoxy groups -OCH3 is 1. The van der Waals surface area contributed by atoms with Crippen LogP contribution in [0.25, 0.3) is 0 Å². The standard InChI is InChI=1S/C7H9NO4/c1-4-3-5(8-12-4)6(9)7(10)11-2/h3,6,9H,1-2H3. The molecule has 5 heteroatoms. The van der Waals surface area contributed by atoms with E-state index in [4.69, 9.17) is 0 Å². The molecule has 12 heavy (non-hydrogen) atoms. The van der Waals surface area contributed by atoms with Crippen LogP contribution in [0.3, 0.4) is 0 Å². The lowest BCUT2D eigenvalue weighted by Crippen LogP contribution is -2.13. The summed E-state index contributed by atoms with van der Waals surface area (Å²) in [6, 6.07) is 1.47. The van der Waals surface area contributed by atoms with Gasteiger partial charge >= 0.3 is 5.97 Å². The largest absolute Gasteiger partial charge is 0.467 e. The molecule has 0 amide bonds. The lowest BCUT2D eigenvalue weighted by molar-refractivity contribution is -0.151. The lowest BCUT2D eigenvalue weighted by atomic mass is 10.2. The van der Waals surface area contributed by atoms with Gasteiger partial charge in [-0.3, -0.25) is 0 Å². The highest BCUT2D eigenvalue weighted by Gasteiger charge is 2.21. The molecule has 0 aliphatic heterocycles. The zero-order valence-electron chi connectivity index (χ0n) is 6.77. The molecule has 5 nitrogen and oxygen atoms in total. The molecule has 1 aromatic rings. The van der Waals surface area contributed by atoms with Crippen LogP contribution in [0.4, 0.5) is 0 Å². The van der Waals surface area contributed by atoms with Gasteiger partial charge in [-0.05, 0) is 6.92 Å². The van der Waals surface area contributed by atoms with Crippen molar-refractivity contribution in [2.45, 2.75) is 13.0 Å². The summed E-state index contributed by atoms with van der Waals surface area (Å²) in [7, 11) is 1.19. The highest BCUT2D eigenvalue weighted by atomic mass is 16.5. The van der Waals surface area contributed by atoms with Gasteiger partial charge in [0.2, 0.25) is 0 Å². The summed E-state index contributed by atoms with van der Waals surface area (Å²) in [4.78, 5) is 10.8. The van der Waals surface area contributed by atoms with Crippen LogP contribution in [-0.2, 0) is 9.53 Å². The highest BCUT2D eigenvalue weighted by molar-refractivity contribution is 5.75. The molecule has 0 aliphatic carbocycles. The normalized spacial score (nSPS) is 12.6. The Morgan fingerprint density at radius 1 is 1.83 bits per heavy atom. The minimum atomic E-state index is -1.35. The Hall–Kier alpha value is -1.36. The summed E-state index contributed by atoms with van der Waals surface area (Å²) in [6.07, 6.45) is -1.35. The average molecular weight is 171 g/mol. The first-order valence-electron chi connectivity index (χ1n) is 3.34. The van der Waals surface area contributed by atoms with Crippen LogP contribution in [0.1, 0.15) is 17.6 Å². The minimum absolute atomic E-state index is 0.166. The van der Waals surface area contributed by atoms with Gasteiger partial charge in [0.05, 0.1) is 7.11 Å². The maximum atomic E-state index is 10.8. The molecule has 1 rings (SSSR count). The average Bonchev–Trinajstić information content (AvgIpc) is 2.49. The van der Waals surface area contributed by atoms with Gasteiger partial charge in [0, 0.05) is 6.07 Å². The van der Waals surface area contributed by atoms with Crippen LogP contribution < -0.4 is 0 Å². The molecule has 0 radical (unpaired) electrons. The Morgan fingerprint density at radius 2 is 2.50 bits per heavy atom. The zero-order valence-corrected chi connectivity index (χ0v) is 6.77. The van der Waals surface area contributed by atoms with E-state index in [-0.39, 0.29) is 5.69 Å². The summed E-state index contributed by atoms with van der Waals surface area (Å²) in [5.41, 5.74) is 0.166. The van der Waals surface area contributed by atoms with Gasteiger partial charge in [0.15, 0.2) is 6.10 Å². The van der Waals surface area contributed by atoms with E-state index < -0.39 is 12.1 Å². The Morgan fingerprint density at radius 3 is 2.92 bits per heavy atom. The number of aliphatic hydroxyl groups excluding tert-OH is 1. The molecule has 1 N–H and O–H groups in total. The van der Waals surface area contributed by atoms with Crippen molar-refractivity contribution in [3.05, 3.63) is 17.5 Å². The number of ether oxygens (including phenoxy) is 1. The van der Waals surface area contributed by atoms with Crippen molar-refractivity contribution in [2.24, 2.45) is 0 Å². The van der Waals surface area contributed by atoms with Crippen molar-refractivity contribution in [3.63, 3.8) is 0 Å².